The first kappa shape index (κ1) is 57.7. The lowest BCUT2D eigenvalue weighted by Crippen LogP contribution is -2.00. The van der Waals surface area contributed by atoms with Crippen LogP contribution in [-0.4, -0.2) is 48.2 Å². The van der Waals surface area contributed by atoms with E-state index >= 15 is 0 Å². The molecule has 100 heavy (non-hydrogen) atoms. The topological polar surface area (TPSA) is 97.1 Å². The van der Waals surface area contributed by atoms with Gasteiger partial charge in [-0.05, 0) is 115 Å². The molecule has 0 spiro atoms. The zero-order chi connectivity index (χ0) is 66.0. The van der Waals surface area contributed by atoms with Crippen LogP contribution in [0.2, 0.25) is 0 Å². The van der Waals surface area contributed by atoms with Crippen LogP contribution in [0.5, 0.6) is 0 Å². The number of hydrogen-bond acceptors (Lipinski definition) is 6. The Morgan fingerprint density at radius 1 is 0.150 bits per heavy atom. The fourth-order valence-electron chi connectivity index (χ4n) is 14.7. The molecular weight excluding hydrogens is 1220 g/mol. The largest absolute Gasteiger partial charge is 0.309 e. The predicted molar refractivity (Wildman–Crippen MR) is 410 cm³/mol. The zero-order valence-corrected chi connectivity index (χ0v) is 54.0. The Balaban J connectivity index is 0.000000139. The standard InChI is InChI=1S/2C45H29N5/c1-4-14-30(15-5-1)43-46-44(31-16-6-2-7-17-31)48-45(47-43)32-24-26-34(27-25-32)49-39-23-13-11-21-37(39)41-40(49)29-28-36-35-20-10-12-22-38(35)50(42(36)41)33-18-8-3-9-19-33;1-4-14-30(15-5-1)43-46-44(31-16-6-2-7-17-31)48-45(47-43)32-24-26-34(27-25-32)50-38-23-13-11-21-36(38)42-40(50)29-28-39-41(42)35-20-10-12-22-37(35)49(39)33-18-8-3-9-19-33/h2*1-29H. The van der Waals surface area contributed by atoms with Gasteiger partial charge < -0.3 is 18.3 Å². The number of benzene rings is 14. The summed E-state index contributed by atoms with van der Waals surface area (Å²) in [7, 11) is 0. The molecule has 0 aliphatic heterocycles. The minimum atomic E-state index is 0.639. The summed E-state index contributed by atoms with van der Waals surface area (Å²) in [6.45, 7) is 0. The predicted octanol–water partition coefficient (Wildman–Crippen LogP) is 22.1. The normalized spacial score (nSPS) is 11.6. The summed E-state index contributed by atoms with van der Waals surface area (Å²) in [6.07, 6.45) is 0. The molecule has 0 unspecified atom stereocenters. The van der Waals surface area contributed by atoms with Crippen molar-refractivity contribution in [2.24, 2.45) is 0 Å². The number of fused-ring (bicyclic) bond motifs is 14. The molecule has 0 amide bonds. The monoisotopic (exact) mass is 1280 g/mol. The lowest BCUT2D eigenvalue weighted by atomic mass is 10.1. The summed E-state index contributed by atoms with van der Waals surface area (Å²) in [5.74, 6) is 3.89. The SMILES string of the molecule is c1ccc(-c2nc(-c3ccccc3)nc(-c3ccc(-n4c5ccccc5c5c4ccc4c6ccccc6n(-c6ccccc6)c45)cc3)n2)cc1.c1ccc(-c2nc(-c3ccccc3)nc(-c3ccc(-n4c5ccccc5c5c6c7ccccc7n(-c7ccccc7)c6ccc54)cc3)n2)cc1. The van der Waals surface area contributed by atoms with Crippen LogP contribution in [0.4, 0.5) is 0 Å². The van der Waals surface area contributed by atoms with Gasteiger partial charge in [0, 0.05) is 99.2 Å². The van der Waals surface area contributed by atoms with Gasteiger partial charge in [-0.2, -0.15) is 0 Å². The van der Waals surface area contributed by atoms with Gasteiger partial charge in [0.25, 0.3) is 0 Å². The molecule has 0 aliphatic carbocycles. The molecule has 20 aromatic rings. The number of hydrogen-bond donors (Lipinski definition) is 0. The lowest BCUT2D eigenvalue weighted by molar-refractivity contribution is 1.07. The number of rotatable bonds is 10. The second-order valence-electron chi connectivity index (χ2n) is 25.0. The molecule has 468 valence electrons. The van der Waals surface area contributed by atoms with E-state index in [1.807, 2.05) is 121 Å². The summed E-state index contributed by atoms with van der Waals surface area (Å²) in [4.78, 5) is 29.5. The van der Waals surface area contributed by atoms with Crippen LogP contribution < -0.4 is 0 Å². The van der Waals surface area contributed by atoms with Gasteiger partial charge in [-0.3, -0.25) is 0 Å². The van der Waals surface area contributed by atoms with Crippen molar-refractivity contribution in [2.45, 2.75) is 0 Å². The Kier molecular flexibility index (Phi) is 14.0. The first-order valence-electron chi connectivity index (χ1n) is 33.6. The summed E-state index contributed by atoms with van der Waals surface area (Å²) in [6, 6.07) is 123. The molecule has 0 atom stereocenters. The second kappa shape index (κ2) is 24.2. The molecule has 0 saturated heterocycles. The summed E-state index contributed by atoms with van der Waals surface area (Å²) >= 11 is 0. The summed E-state index contributed by atoms with van der Waals surface area (Å²) in [5.41, 5.74) is 19.6. The molecule has 14 aromatic carbocycles. The van der Waals surface area contributed by atoms with E-state index in [0.717, 1.165) is 72.7 Å². The lowest BCUT2D eigenvalue weighted by Gasteiger charge is -2.11. The van der Waals surface area contributed by atoms with Gasteiger partial charge in [-0.15, -0.1) is 0 Å². The first-order valence-corrected chi connectivity index (χ1v) is 33.6. The minimum Gasteiger partial charge on any atom is -0.309 e. The second-order valence-corrected chi connectivity index (χ2v) is 25.0. The van der Waals surface area contributed by atoms with Gasteiger partial charge in [-0.1, -0.05) is 237 Å². The molecule has 10 nitrogen and oxygen atoms in total. The highest BCUT2D eigenvalue weighted by molar-refractivity contribution is 6.29. The Morgan fingerprint density at radius 3 is 0.740 bits per heavy atom. The van der Waals surface area contributed by atoms with E-state index in [2.05, 4.69) is 249 Å². The number of aromatic nitrogens is 10. The molecule has 0 bridgehead atoms. The van der Waals surface area contributed by atoms with Crippen LogP contribution in [0, 0.1) is 0 Å². The Hall–Kier alpha value is -13.7. The molecule has 6 aromatic heterocycles. The van der Waals surface area contributed by atoms with Gasteiger partial charge >= 0.3 is 0 Å². The molecule has 0 N–H and O–H groups in total. The van der Waals surface area contributed by atoms with Crippen LogP contribution in [0.25, 0.3) is 178 Å². The average Bonchev–Trinajstić information content (AvgIpc) is 1.55. The maximum Gasteiger partial charge on any atom is 0.164 e. The van der Waals surface area contributed by atoms with Crippen LogP contribution >= 0.6 is 0 Å². The smallest absolute Gasteiger partial charge is 0.164 e. The summed E-state index contributed by atoms with van der Waals surface area (Å²) in [5, 5.41) is 9.93. The third kappa shape index (κ3) is 9.80. The van der Waals surface area contributed by atoms with Crippen molar-refractivity contribution in [3.05, 3.63) is 352 Å². The maximum absolute atomic E-state index is 4.95. The number of nitrogens with zero attached hydrogens (tertiary/aromatic N) is 10. The van der Waals surface area contributed by atoms with Crippen molar-refractivity contribution in [2.75, 3.05) is 0 Å². The van der Waals surface area contributed by atoms with Crippen molar-refractivity contribution < 1.29 is 0 Å². The first-order chi connectivity index (χ1) is 49.6. The zero-order valence-electron chi connectivity index (χ0n) is 54.0. The van der Waals surface area contributed by atoms with Crippen molar-refractivity contribution in [3.63, 3.8) is 0 Å². The van der Waals surface area contributed by atoms with Crippen molar-refractivity contribution in [1.82, 2.24) is 48.2 Å². The van der Waals surface area contributed by atoms with E-state index in [1.165, 1.54) is 70.7 Å². The third-order valence-electron chi connectivity index (χ3n) is 19.1. The van der Waals surface area contributed by atoms with Gasteiger partial charge in [0.1, 0.15) is 0 Å². The average molecular weight is 1280 g/mol. The van der Waals surface area contributed by atoms with E-state index in [-0.39, 0.29) is 0 Å². The Bertz CT molecular complexity index is 6340. The van der Waals surface area contributed by atoms with Gasteiger partial charge in [0.05, 0.1) is 44.1 Å². The Labute approximate surface area is 575 Å². The van der Waals surface area contributed by atoms with Crippen molar-refractivity contribution in [1.29, 1.82) is 0 Å². The molecule has 0 fully saturated rings. The van der Waals surface area contributed by atoms with Crippen LogP contribution in [0.15, 0.2) is 352 Å². The third-order valence-corrected chi connectivity index (χ3v) is 19.1. The molecule has 0 aliphatic rings. The molecule has 0 saturated carbocycles. The fourth-order valence-corrected chi connectivity index (χ4v) is 14.7. The van der Waals surface area contributed by atoms with Crippen LogP contribution in [-0.2, 0) is 0 Å². The van der Waals surface area contributed by atoms with Gasteiger partial charge in [0.2, 0.25) is 0 Å². The van der Waals surface area contributed by atoms with E-state index < -0.39 is 0 Å². The summed E-state index contributed by atoms with van der Waals surface area (Å²) < 4.78 is 9.55. The molecule has 0 radical (unpaired) electrons. The van der Waals surface area contributed by atoms with Crippen molar-refractivity contribution >= 4 is 87.2 Å². The Morgan fingerprint density at radius 2 is 0.390 bits per heavy atom. The van der Waals surface area contributed by atoms with Gasteiger partial charge in [0.15, 0.2) is 34.9 Å². The molecule has 20 rings (SSSR count). The fraction of sp³-hybridized carbons (Fsp3) is 0. The highest BCUT2D eigenvalue weighted by Crippen LogP contribution is 2.45. The van der Waals surface area contributed by atoms with Crippen molar-refractivity contribution in [3.8, 4) is 91.1 Å². The quantitative estimate of drug-likeness (QED) is 0.135. The van der Waals surface area contributed by atoms with E-state index in [4.69, 9.17) is 29.9 Å². The molecule has 10 heteroatoms. The van der Waals surface area contributed by atoms with E-state index in [0.29, 0.717) is 34.9 Å². The van der Waals surface area contributed by atoms with Gasteiger partial charge in [-0.25, -0.2) is 29.9 Å². The highest BCUT2D eigenvalue weighted by atomic mass is 15.1. The van der Waals surface area contributed by atoms with Crippen LogP contribution in [0.1, 0.15) is 0 Å². The molecular formula is C90H58N10. The maximum atomic E-state index is 4.95. The van der Waals surface area contributed by atoms with E-state index in [9.17, 15) is 0 Å². The van der Waals surface area contributed by atoms with Crippen LogP contribution in [0.3, 0.4) is 0 Å². The number of para-hydroxylation sites is 6. The minimum absolute atomic E-state index is 0.639. The molecule has 6 heterocycles. The highest BCUT2D eigenvalue weighted by Gasteiger charge is 2.24. The van der Waals surface area contributed by atoms with E-state index in [1.54, 1.807) is 0 Å².